The first-order valence-corrected chi connectivity index (χ1v) is 9.18. The molecular weight excluding hydrogens is 382 g/mol. The largest absolute Gasteiger partial charge is 0.445 e. The van der Waals surface area contributed by atoms with E-state index in [9.17, 15) is 9.59 Å². The summed E-state index contributed by atoms with van der Waals surface area (Å²) in [5, 5.41) is 5.36. The lowest BCUT2D eigenvalue weighted by Gasteiger charge is -2.07. The van der Waals surface area contributed by atoms with Crippen molar-refractivity contribution in [3.8, 4) is 0 Å². The normalized spacial score (nSPS) is 10.5. The van der Waals surface area contributed by atoms with Crippen molar-refractivity contribution in [2.24, 2.45) is 0 Å². The van der Waals surface area contributed by atoms with Crippen LogP contribution >= 0.6 is 0 Å². The fraction of sp³-hybridized carbons (Fsp3) is 0.0909. The molecule has 0 bridgehead atoms. The van der Waals surface area contributed by atoms with Crippen molar-refractivity contribution in [3.63, 3.8) is 0 Å². The predicted octanol–water partition coefficient (Wildman–Crippen LogP) is 3.14. The minimum Gasteiger partial charge on any atom is -0.445 e. The van der Waals surface area contributed by atoms with Crippen molar-refractivity contribution in [1.82, 2.24) is 15.3 Å². The Morgan fingerprint density at radius 3 is 2.63 bits per heavy atom. The van der Waals surface area contributed by atoms with Gasteiger partial charge in [-0.3, -0.25) is 14.8 Å². The molecule has 2 amide bonds. The summed E-state index contributed by atoms with van der Waals surface area (Å²) in [4.78, 5) is 32.0. The summed E-state index contributed by atoms with van der Waals surface area (Å²) in [5.74, 6) is -0.309. The highest BCUT2D eigenvalue weighted by atomic mass is 16.5. The maximum absolute atomic E-state index is 12.0. The topological polar surface area (TPSA) is 119 Å². The Hall–Kier alpha value is -4.20. The van der Waals surface area contributed by atoms with Crippen LogP contribution in [-0.2, 0) is 22.7 Å². The molecule has 0 atom stereocenters. The molecule has 1 aromatic carbocycles. The van der Waals surface area contributed by atoms with Crippen LogP contribution < -0.4 is 16.4 Å². The summed E-state index contributed by atoms with van der Waals surface area (Å²) in [6, 6.07) is 14.2. The summed E-state index contributed by atoms with van der Waals surface area (Å²) in [6.07, 6.45) is 7.35. The van der Waals surface area contributed by atoms with Gasteiger partial charge in [0.05, 0.1) is 17.1 Å². The Morgan fingerprint density at radius 1 is 1.03 bits per heavy atom. The van der Waals surface area contributed by atoms with Crippen LogP contribution in [0.15, 0.2) is 73.2 Å². The first-order valence-electron chi connectivity index (χ1n) is 9.18. The number of alkyl carbamates (subject to hydrolysis) is 1. The van der Waals surface area contributed by atoms with Gasteiger partial charge in [-0.25, -0.2) is 4.79 Å². The third-order valence-corrected chi connectivity index (χ3v) is 4.00. The molecule has 0 aliphatic rings. The highest BCUT2D eigenvalue weighted by molar-refractivity contribution is 6.03. The van der Waals surface area contributed by atoms with Crippen LogP contribution in [0.3, 0.4) is 0 Å². The van der Waals surface area contributed by atoms with Gasteiger partial charge < -0.3 is 21.1 Å². The summed E-state index contributed by atoms with van der Waals surface area (Å²) >= 11 is 0. The van der Waals surface area contributed by atoms with Crippen LogP contribution in [0.4, 0.5) is 16.2 Å². The first-order chi connectivity index (χ1) is 14.6. The maximum atomic E-state index is 12.0. The number of nitrogens with zero attached hydrogens (tertiary/aromatic N) is 2. The third kappa shape index (κ3) is 6.45. The molecule has 3 aromatic rings. The molecule has 0 fully saturated rings. The lowest BCUT2D eigenvalue weighted by molar-refractivity contribution is -0.111. The third-order valence-electron chi connectivity index (χ3n) is 4.00. The Bertz CT molecular complexity index is 1020. The number of benzene rings is 1. The van der Waals surface area contributed by atoms with Gasteiger partial charge >= 0.3 is 6.09 Å². The van der Waals surface area contributed by atoms with Crippen molar-refractivity contribution >= 4 is 29.5 Å². The zero-order valence-electron chi connectivity index (χ0n) is 16.1. The number of amides is 2. The molecule has 3 rings (SSSR count). The van der Waals surface area contributed by atoms with E-state index in [0.717, 1.165) is 11.1 Å². The highest BCUT2D eigenvalue weighted by Gasteiger charge is 2.04. The van der Waals surface area contributed by atoms with Gasteiger partial charge in [-0.05, 0) is 35.9 Å². The molecule has 0 aliphatic heterocycles. The molecule has 0 saturated heterocycles. The number of ether oxygens (including phenoxy) is 1. The standard InChI is InChI=1S/C22H21N5O3/c23-19-5-1-2-6-20(19)27-21(28)10-9-18-8-7-16(13-25-18)14-26-22(29)30-15-17-4-3-11-24-12-17/h1-13H,14-15,23H2,(H,26,29)(H,27,28)/b10-9+. The Morgan fingerprint density at radius 2 is 1.90 bits per heavy atom. The summed E-state index contributed by atoms with van der Waals surface area (Å²) in [5.41, 5.74) is 9.06. The van der Waals surface area contributed by atoms with Crippen LogP contribution in [0.25, 0.3) is 6.08 Å². The number of nitrogens with two attached hydrogens (primary N) is 1. The molecular formula is C22H21N5O3. The summed E-state index contributed by atoms with van der Waals surface area (Å²) in [7, 11) is 0. The van der Waals surface area contributed by atoms with Gasteiger partial charge in [0.25, 0.3) is 0 Å². The number of hydrogen-bond donors (Lipinski definition) is 3. The minimum absolute atomic E-state index is 0.151. The molecule has 8 nitrogen and oxygen atoms in total. The lowest BCUT2D eigenvalue weighted by atomic mass is 10.2. The van der Waals surface area contributed by atoms with Crippen molar-refractivity contribution < 1.29 is 14.3 Å². The van der Waals surface area contributed by atoms with Gasteiger partial charge in [0.1, 0.15) is 6.61 Å². The number of pyridine rings is 2. The maximum Gasteiger partial charge on any atom is 0.407 e. The van der Waals surface area contributed by atoms with Crippen molar-refractivity contribution in [1.29, 1.82) is 0 Å². The van der Waals surface area contributed by atoms with Crippen LogP contribution in [0.5, 0.6) is 0 Å². The van der Waals surface area contributed by atoms with Gasteiger partial charge in [-0.15, -0.1) is 0 Å². The predicted molar refractivity (Wildman–Crippen MR) is 114 cm³/mol. The highest BCUT2D eigenvalue weighted by Crippen LogP contribution is 2.16. The molecule has 0 aliphatic carbocycles. The molecule has 0 unspecified atom stereocenters. The van der Waals surface area contributed by atoms with E-state index in [1.807, 2.05) is 6.07 Å². The molecule has 0 radical (unpaired) electrons. The van der Waals surface area contributed by atoms with Gasteiger partial charge in [0.2, 0.25) is 5.91 Å². The van der Waals surface area contributed by atoms with Crippen LogP contribution in [-0.4, -0.2) is 22.0 Å². The molecule has 0 spiro atoms. The first kappa shape index (κ1) is 20.5. The van der Waals surface area contributed by atoms with Crippen molar-refractivity contribution in [3.05, 3.63) is 90.0 Å². The molecule has 2 aromatic heterocycles. The van der Waals surface area contributed by atoms with Crippen LogP contribution in [0.1, 0.15) is 16.8 Å². The molecule has 0 saturated carbocycles. The number of hydrogen-bond acceptors (Lipinski definition) is 6. The molecule has 152 valence electrons. The van der Waals surface area contributed by atoms with E-state index in [1.54, 1.807) is 67.1 Å². The number of carbonyl (C=O) groups is 2. The van der Waals surface area contributed by atoms with Gasteiger partial charge in [-0.1, -0.05) is 24.3 Å². The van der Waals surface area contributed by atoms with E-state index in [2.05, 4.69) is 20.6 Å². The van der Waals surface area contributed by atoms with Gasteiger partial charge in [-0.2, -0.15) is 0 Å². The fourth-order valence-corrected chi connectivity index (χ4v) is 2.44. The number of nitrogen functional groups attached to an aromatic ring is 1. The summed E-state index contributed by atoms with van der Waals surface area (Å²) < 4.78 is 5.12. The van der Waals surface area contributed by atoms with Crippen LogP contribution in [0.2, 0.25) is 0 Å². The van der Waals surface area contributed by atoms with Crippen molar-refractivity contribution in [2.75, 3.05) is 11.1 Å². The second-order valence-electron chi connectivity index (χ2n) is 6.29. The van der Waals surface area contributed by atoms with E-state index in [1.165, 1.54) is 6.08 Å². The SMILES string of the molecule is Nc1ccccc1NC(=O)/C=C/c1ccc(CNC(=O)OCc2cccnc2)cn1. The van der Waals surface area contributed by atoms with Crippen LogP contribution in [0, 0.1) is 0 Å². The van der Waals surface area contributed by atoms with Gasteiger partial charge in [0, 0.05) is 36.8 Å². The number of rotatable bonds is 7. The van der Waals surface area contributed by atoms with E-state index in [4.69, 9.17) is 10.5 Å². The lowest BCUT2D eigenvalue weighted by Crippen LogP contribution is -2.23. The number of para-hydroxylation sites is 2. The average molecular weight is 403 g/mol. The van der Waals surface area contributed by atoms with E-state index in [0.29, 0.717) is 17.1 Å². The summed E-state index contributed by atoms with van der Waals surface area (Å²) in [6.45, 7) is 0.426. The molecule has 8 heteroatoms. The zero-order valence-corrected chi connectivity index (χ0v) is 16.1. The molecule has 30 heavy (non-hydrogen) atoms. The number of carbonyl (C=O) groups excluding carboxylic acids is 2. The smallest absolute Gasteiger partial charge is 0.407 e. The Kier molecular flexibility index (Phi) is 7.10. The zero-order chi connectivity index (χ0) is 21.2. The van der Waals surface area contributed by atoms with Crippen molar-refractivity contribution in [2.45, 2.75) is 13.2 Å². The minimum atomic E-state index is -0.528. The van der Waals surface area contributed by atoms with E-state index in [-0.39, 0.29) is 19.1 Å². The second-order valence-corrected chi connectivity index (χ2v) is 6.29. The quantitative estimate of drug-likeness (QED) is 0.412. The fourth-order valence-electron chi connectivity index (χ4n) is 2.44. The van der Waals surface area contributed by atoms with E-state index < -0.39 is 6.09 Å². The van der Waals surface area contributed by atoms with Gasteiger partial charge in [0.15, 0.2) is 0 Å². The second kappa shape index (κ2) is 10.4. The number of aromatic nitrogens is 2. The monoisotopic (exact) mass is 403 g/mol. The average Bonchev–Trinajstić information content (AvgIpc) is 2.78. The molecule has 2 heterocycles. The number of anilines is 2. The Balaban J connectivity index is 1.44. The molecule has 4 N–H and O–H groups in total. The van der Waals surface area contributed by atoms with E-state index >= 15 is 0 Å². The Labute approximate surface area is 173 Å². The number of nitrogens with one attached hydrogen (secondary N) is 2.